The number of carbonyl (C=O) groups is 1. The SMILES string of the molecule is C[C@H](Oc1ccccc1F)C(=O)N(C)c1ccccc1. The predicted molar refractivity (Wildman–Crippen MR) is 76.3 cm³/mol. The lowest BCUT2D eigenvalue weighted by molar-refractivity contribution is -0.124. The monoisotopic (exact) mass is 273 g/mol. The summed E-state index contributed by atoms with van der Waals surface area (Å²) in [6.45, 7) is 1.61. The van der Waals surface area contributed by atoms with Crippen LogP contribution in [-0.2, 0) is 4.79 Å². The van der Waals surface area contributed by atoms with Crippen LogP contribution in [0.25, 0.3) is 0 Å². The first kappa shape index (κ1) is 14.1. The second kappa shape index (κ2) is 6.19. The zero-order valence-electron chi connectivity index (χ0n) is 11.4. The molecule has 2 rings (SSSR count). The first-order valence-electron chi connectivity index (χ1n) is 6.33. The van der Waals surface area contributed by atoms with E-state index in [4.69, 9.17) is 4.74 Å². The van der Waals surface area contributed by atoms with Gasteiger partial charge >= 0.3 is 0 Å². The summed E-state index contributed by atoms with van der Waals surface area (Å²) in [6, 6.07) is 15.3. The molecule has 2 aromatic carbocycles. The molecule has 3 nitrogen and oxygen atoms in total. The minimum absolute atomic E-state index is 0.0785. The lowest BCUT2D eigenvalue weighted by atomic mass is 10.2. The van der Waals surface area contributed by atoms with E-state index in [0.717, 1.165) is 5.69 Å². The van der Waals surface area contributed by atoms with Crippen LogP contribution in [0, 0.1) is 5.82 Å². The Kier molecular flexibility index (Phi) is 4.35. The molecule has 0 aliphatic heterocycles. The van der Waals surface area contributed by atoms with Gasteiger partial charge in [-0.05, 0) is 31.2 Å². The van der Waals surface area contributed by atoms with Gasteiger partial charge in [-0.3, -0.25) is 4.79 Å². The van der Waals surface area contributed by atoms with Crippen LogP contribution in [0.5, 0.6) is 5.75 Å². The fourth-order valence-corrected chi connectivity index (χ4v) is 1.83. The van der Waals surface area contributed by atoms with Crippen molar-refractivity contribution in [3.05, 3.63) is 60.4 Å². The molecule has 0 N–H and O–H groups in total. The highest BCUT2D eigenvalue weighted by molar-refractivity contribution is 5.95. The van der Waals surface area contributed by atoms with Gasteiger partial charge in [0, 0.05) is 12.7 Å². The van der Waals surface area contributed by atoms with Crippen LogP contribution in [-0.4, -0.2) is 19.1 Å². The Bertz CT molecular complexity index is 586. The van der Waals surface area contributed by atoms with Crippen LogP contribution < -0.4 is 9.64 Å². The topological polar surface area (TPSA) is 29.5 Å². The number of rotatable bonds is 4. The summed E-state index contributed by atoms with van der Waals surface area (Å²) in [7, 11) is 1.67. The highest BCUT2D eigenvalue weighted by Gasteiger charge is 2.21. The average Bonchev–Trinajstić information content (AvgIpc) is 2.49. The lowest BCUT2D eigenvalue weighted by Crippen LogP contribution is -2.38. The van der Waals surface area contributed by atoms with Crippen LogP contribution in [0.1, 0.15) is 6.92 Å². The number of likely N-dealkylation sites (N-methyl/N-ethyl adjacent to an activating group) is 1. The van der Waals surface area contributed by atoms with Gasteiger partial charge in [-0.1, -0.05) is 30.3 Å². The standard InChI is InChI=1S/C16H16FNO2/c1-12(20-15-11-7-6-10-14(15)17)16(19)18(2)13-8-4-3-5-9-13/h3-12H,1-2H3/t12-/m0/s1. The Morgan fingerprint density at radius 2 is 1.70 bits per heavy atom. The maximum absolute atomic E-state index is 13.5. The predicted octanol–water partition coefficient (Wildman–Crippen LogP) is 3.26. The Morgan fingerprint density at radius 1 is 1.10 bits per heavy atom. The number of halogens is 1. The molecule has 0 aliphatic carbocycles. The van der Waals surface area contributed by atoms with Gasteiger partial charge < -0.3 is 9.64 Å². The molecule has 1 atom stereocenters. The van der Waals surface area contributed by atoms with Crippen LogP contribution in [0.4, 0.5) is 10.1 Å². The van der Waals surface area contributed by atoms with Crippen molar-refractivity contribution in [3.8, 4) is 5.75 Å². The van der Waals surface area contributed by atoms with Gasteiger partial charge in [0.25, 0.3) is 5.91 Å². The molecular weight excluding hydrogens is 257 g/mol. The summed E-state index contributed by atoms with van der Waals surface area (Å²) in [6.07, 6.45) is -0.767. The fraction of sp³-hybridized carbons (Fsp3) is 0.188. The summed E-state index contributed by atoms with van der Waals surface area (Å²) in [5.74, 6) is -0.635. The van der Waals surface area contributed by atoms with E-state index in [1.807, 2.05) is 30.3 Å². The quantitative estimate of drug-likeness (QED) is 0.855. The van der Waals surface area contributed by atoms with Crippen molar-refractivity contribution >= 4 is 11.6 Å². The third kappa shape index (κ3) is 3.15. The molecule has 104 valence electrons. The summed E-state index contributed by atoms with van der Waals surface area (Å²) >= 11 is 0. The Labute approximate surface area is 117 Å². The van der Waals surface area contributed by atoms with E-state index in [1.54, 1.807) is 26.1 Å². The van der Waals surface area contributed by atoms with Crippen LogP contribution in [0.15, 0.2) is 54.6 Å². The number of nitrogens with zero attached hydrogens (tertiary/aromatic N) is 1. The van der Waals surface area contributed by atoms with Crippen LogP contribution >= 0.6 is 0 Å². The molecule has 0 spiro atoms. The summed E-state index contributed by atoms with van der Waals surface area (Å²) in [4.78, 5) is 13.7. The second-order valence-corrected chi connectivity index (χ2v) is 4.42. The number of hydrogen-bond donors (Lipinski definition) is 0. The number of carbonyl (C=O) groups excluding carboxylic acids is 1. The number of benzene rings is 2. The van der Waals surface area contributed by atoms with E-state index >= 15 is 0 Å². The number of hydrogen-bond acceptors (Lipinski definition) is 2. The van der Waals surface area contributed by atoms with Gasteiger partial charge in [0.1, 0.15) is 0 Å². The molecule has 0 saturated heterocycles. The molecule has 0 saturated carbocycles. The number of amides is 1. The third-order valence-electron chi connectivity index (χ3n) is 2.96. The maximum atomic E-state index is 13.5. The maximum Gasteiger partial charge on any atom is 0.267 e. The normalized spacial score (nSPS) is 11.8. The zero-order valence-corrected chi connectivity index (χ0v) is 11.4. The molecule has 0 bridgehead atoms. The largest absolute Gasteiger partial charge is 0.478 e. The van der Waals surface area contributed by atoms with Gasteiger partial charge in [-0.15, -0.1) is 0 Å². The van der Waals surface area contributed by atoms with Crippen molar-refractivity contribution in [1.82, 2.24) is 0 Å². The molecule has 2 aromatic rings. The Morgan fingerprint density at radius 3 is 2.35 bits per heavy atom. The van der Waals surface area contributed by atoms with E-state index in [1.165, 1.54) is 17.0 Å². The minimum atomic E-state index is -0.767. The minimum Gasteiger partial charge on any atom is -0.478 e. The van der Waals surface area contributed by atoms with E-state index in [-0.39, 0.29) is 11.7 Å². The van der Waals surface area contributed by atoms with Crippen molar-refractivity contribution in [2.45, 2.75) is 13.0 Å². The number of anilines is 1. The van der Waals surface area contributed by atoms with E-state index in [9.17, 15) is 9.18 Å². The number of ether oxygens (including phenoxy) is 1. The molecule has 0 fully saturated rings. The third-order valence-corrected chi connectivity index (χ3v) is 2.96. The number of para-hydroxylation sites is 2. The first-order valence-corrected chi connectivity index (χ1v) is 6.33. The molecule has 4 heteroatoms. The fourth-order valence-electron chi connectivity index (χ4n) is 1.83. The zero-order chi connectivity index (χ0) is 14.5. The van der Waals surface area contributed by atoms with Crippen molar-refractivity contribution in [3.63, 3.8) is 0 Å². The Hall–Kier alpha value is -2.36. The molecule has 0 aromatic heterocycles. The molecule has 0 unspecified atom stereocenters. The van der Waals surface area contributed by atoms with Gasteiger partial charge in [0.15, 0.2) is 17.7 Å². The second-order valence-electron chi connectivity index (χ2n) is 4.42. The molecule has 0 aliphatic rings. The van der Waals surface area contributed by atoms with Crippen molar-refractivity contribution in [1.29, 1.82) is 0 Å². The lowest BCUT2D eigenvalue weighted by Gasteiger charge is -2.22. The molecular formula is C16H16FNO2. The van der Waals surface area contributed by atoms with E-state index in [0.29, 0.717) is 0 Å². The summed E-state index contributed by atoms with van der Waals surface area (Å²) < 4.78 is 18.9. The Balaban J connectivity index is 2.08. The molecule has 0 heterocycles. The van der Waals surface area contributed by atoms with Crippen LogP contribution in [0.3, 0.4) is 0 Å². The van der Waals surface area contributed by atoms with Gasteiger partial charge in [0.2, 0.25) is 0 Å². The van der Waals surface area contributed by atoms with Crippen LogP contribution in [0.2, 0.25) is 0 Å². The van der Waals surface area contributed by atoms with E-state index < -0.39 is 11.9 Å². The molecule has 20 heavy (non-hydrogen) atoms. The highest BCUT2D eigenvalue weighted by Crippen LogP contribution is 2.19. The molecule has 0 radical (unpaired) electrons. The van der Waals surface area contributed by atoms with Gasteiger partial charge in [-0.2, -0.15) is 0 Å². The summed E-state index contributed by atoms with van der Waals surface area (Å²) in [5.41, 5.74) is 0.765. The van der Waals surface area contributed by atoms with Gasteiger partial charge in [-0.25, -0.2) is 4.39 Å². The molecule has 1 amide bonds. The van der Waals surface area contributed by atoms with Gasteiger partial charge in [0.05, 0.1) is 0 Å². The van der Waals surface area contributed by atoms with E-state index in [2.05, 4.69) is 0 Å². The van der Waals surface area contributed by atoms with Crippen molar-refractivity contribution in [2.24, 2.45) is 0 Å². The highest BCUT2D eigenvalue weighted by atomic mass is 19.1. The first-order chi connectivity index (χ1) is 9.59. The summed E-state index contributed by atoms with van der Waals surface area (Å²) in [5, 5.41) is 0. The smallest absolute Gasteiger partial charge is 0.267 e. The van der Waals surface area contributed by atoms with Crippen molar-refractivity contribution in [2.75, 3.05) is 11.9 Å². The van der Waals surface area contributed by atoms with Crippen molar-refractivity contribution < 1.29 is 13.9 Å². The average molecular weight is 273 g/mol.